The van der Waals surface area contributed by atoms with Gasteiger partial charge in [0.1, 0.15) is 5.71 Å². The Morgan fingerprint density at radius 1 is 1.44 bits per heavy atom. The van der Waals surface area contributed by atoms with Crippen molar-refractivity contribution in [1.29, 1.82) is 0 Å². The van der Waals surface area contributed by atoms with Gasteiger partial charge in [-0.25, -0.2) is 17.5 Å². The van der Waals surface area contributed by atoms with E-state index in [0.29, 0.717) is 6.54 Å². The quantitative estimate of drug-likeness (QED) is 0.789. The van der Waals surface area contributed by atoms with Gasteiger partial charge in [0.2, 0.25) is 5.69 Å². The summed E-state index contributed by atoms with van der Waals surface area (Å²) < 4.78 is 0. The van der Waals surface area contributed by atoms with Crippen molar-refractivity contribution in [3.05, 3.63) is 47.9 Å². The van der Waals surface area contributed by atoms with Crippen LogP contribution in [-0.2, 0) is 30.5 Å². The zero-order valence-corrected chi connectivity index (χ0v) is 12.6. The third-order valence-electron chi connectivity index (χ3n) is 3.33. The molecule has 3 heteroatoms. The summed E-state index contributed by atoms with van der Waals surface area (Å²) in [6, 6.07) is 6.38. The van der Waals surface area contributed by atoms with Gasteiger partial charge >= 0.3 is 0 Å². The average Bonchev–Trinajstić information content (AvgIpc) is 2.50. The van der Waals surface area contributed by atoms with Crippen LogP contribution in [0.15, 0.2) is 29.8 Å². The van der Waals surface area contributed by atoms with Crippen LogP contribution in [-0.4, -0.2) is 5.71 Å². The fourth-order valence-corrected chi connectivity index (χ4v) is 2.25. The molecule has 0 fully saturated rings. The smallest absolute Gasteiger partial charge is 0.206 e. The summed E-state index contributed by atoms with van der Waals surface area (Å²) in [5, 5.41) is 0. The van der Waals surface area contributed by atoms with E-state index >= 15 is 0 Å². The number of hydrogen-bond acceptors (Lipinski definition) is 1. The third kappa shape index (κ3) is 2.56. The first-order valence-corrected chi connectivity index (χ1v) is 5.93. The Labute approximate surface area is 121 Å². The van der Waals surface area contributed by atoms with Gasteiger partial charge in [-0.3, -0.25) is 0 Å². The van der Waals surface area contributed by atoms with Crippen LogP contribution in [0.4, 0.5) is 5.69 Å². The number of nitrogens with two attached hydrogens (primary N) is 1. The molecule has 1 radical (unpaired) electrons. The van der Waals surface area contributed by atoms with Crippen LogP contribution in [0.3, 0.4) is 0 Å². The number of nitrogens with one attached hydrogen (secondary N) is 1. The van der Waals surface area contributed by atoms with Gasteiger partial charge in [0.25, 0.3) is 0 Å². The fourth-order valence-electron chi connectivity index (χ4n) is 2.25. The predicted octanol–water partition coefficient (Wildman–Crippen LogP) is 1.37. The zero-order chi connectivity index (χ0) is 12.6. The van der Waals surface area contributed by atoms with E-state index in [9.17, 15) is 0 Å². The van der Waals surface area contributed by atoms with Crippen molar-refractivity contribution in [2.45, 2.75) is 32.7 Å². The van der Waals surface area contributed by atoms with Crippen molar-refractivity contribution in [2.24, 2.45) is 5.73 Å². The Morgan fingerprint density at radius 2 is 2.11 bits per heavy atom. The Morgan fingerprint density at radius 3 is 2.67 bits per heavy atom. The Hall–Kier alpha value is -0.956. The summed E-state index contributed by atoms with van der Waals surface area (Å²) in [6.07, 6.45) is 2.11. The average molecular weight is 279 g/mol. The normalized spacial score (nSPS) is 16.9. The molecule has 0 atom stereocenters. The molecule has 0 bridgehead atoms. The Bertz CT molecular complexity index is 509. The third-order valence-corrected chi connectivity index (χ3v) is 3.33. The molecule has 0 unspecified atom stereocenters. The van der Waals surface area contributed by atoms with Crippen molar-refractivity contribution in [1.82, 2.24) is 0 Å². The molecule has 0 amide bonds. The Kier molecular flexibility index (Phi) is 4.49. The number of rotatable bonds is 2. The summed E-state index contributed by atoms with van der Waals surface area (Å²) in [7, 11) is 0. The van der Waals surface area contributed by atoms with E-state index in [1.165, 1.54) is 22.5 Å². The summed E-state index contributed by atoms with van der Waals surface area (Å²) >= 11 is 0. The van der Waals surface area contributed by atoms with E-state index < -0.39 is 0 Å². The zero-order valence-electron chi connectivity index (χ0n) is 11.2. The molecule has 1 heterocycles. The standard InChI is InChI=1S/C15H19N2.V/c1-10(2)7-14-15(3,4)12-8-11(9-16)5-6-13(12)17-14;/h5-8H,1,9,16H2,2-4H3;/q-1;/p+1/b10-7+;. The maximum absolute atomic E-state index is 5.70. The van der Waals surface area contributed by atoms with Gasteiger partial charge in [-0.15, -0.1) is 6.08 Å². The minimum absolute atomic E-state index is 0. The number of hydrogen-bond donors (Lipinski definition) is 2. The van der Waals surface area contributed by atoms with Gasteiger partial charge < -0.3 is 5.73 Å². The molecule has 1 aliphatic rings. The van der Waals surface area contributed by atoms with Crippen molar-refractivity contribution in [2.75, 3.05) is 0 Å². The first kappa shape index (κ1) is 15.1. The molecule has 2 rings (SSSR count). The molecule has 0 saturated heterocycles. The molecule has 1 aromatic carbocycles. The number of fused-ring (bicyclic) bond motifs is 1. The van der Waals surface area contributed by atoms with E-state index in [0.717, 1.165) is 5.57 Å². The second-order valence-electron chi connectivity index (χ2n) is 5.24. The molecule has 1 aliphatic heterocycles. The van der Waals surface area contributed by atoms with Crippen molar-refractivity contribution >= 4 is 11.4 Å². The first-order valence-electron chi connectivity index (χ1n) is 5.93. The van der Waals surface area contributed by atoms with Crippen molar-refractivity contribution in [3.63, 3.8) is 0 Å². The molecular formula is C15H20N2V. The Balaban J connectivity index is 0.00000162. The predicted molar refractivity (Wildman–Crippen MR) is 72.1 cm³/mol. The van der Waals surface area contributed by atoms with E-state index in [1.807, 2.05) is 6.92 Å². The first-order chi connectivity index (χ1) is 7.95. The van der Waals surface area contributed by atoms with E-state index in [2.05, 4.69) is 50.0 Å². The minimum atomic E-state index is -0.000532. The maximum Gasteiger partial charge on any atom is 0.206 e. The second kappa shape index (κ2) is 5.35. The molecule has 0 aliphatic carbocycles. The van der Waals surface area contributed by atoms with Gasteiger partial charge in [0.15, 0.2) is 0 Å². The van der Waals surface area contributed by atoms with Crippen LogP contribution in [0.5, 0.6) is 0 Å². The van der Waals surface area contributed by atoms with Gasteiger partial charge in [-0.2, -0.15) is 0 Å². The summed E-state index contributed by atoms with van der Waals surface area (Å²) in [5.74, 6) is 0. The largest absolute Gasteiger partial charge is 0.326 e. The van der Waals surface area contributed by atoms with Crippen LogP contribution in [0.2, 0.25) is 0 Å². The van der Waals surface area contributed by atoms with Crippen LogP contribution in [0, 0.1) is 6.92 Å². The number of benzene rings is 1. The maximum atomic E-state index is 5.70. The summed E-state index contributed by atoms with van der Waals surface area (Å²) in [5.41, 5.74) is 11.6. The monoisotopic (exact) mass is 279 g/mol. The fraction of sp³-hybridized carbons (Fsp3) is 0.333. The molecular weight excluding hydrogens is 259 g/mol. The molecule has 0 saturated carbocycles. The van der Waals surface area contributed by atoms with Gasteiger partial charge in [-0.1, -0.05) is 13.0 Å². The van der Waals surface area contributed by atoms with Crippen LogP contribution in [0.25, 0.3) is 0 Å². The van der Waals surface area contributed by atoms with Gasteiger partial charge in [0, 0.05) is 36.7 Å². The molecule has 95 valence electrons. The van der Waals surface area contributed by atoms with Crippen LogP contribution in [0.1, 0.15) is 31.9 Å². The van der Waals surface area contributed by atoms with Crippen molar-refractivity contribution < 1.29 is 23.5 Å². The summed E-state index contributed by atoms with van der Waals surface area (Å²) in [4.78, 5) is 3.47. The SMILES string of the molecule is [CH2-]/C(C)=C\C1=[NH+]c2ccc(CN)cc2C1(C)C.[V]. The summed E-state index contributed by atoms with van der Waals surface area (Å²) in [6.45, 7) is 11.0. The molecule has 2 nitrogen and oxygen atoms in total. The van der Waals surface area contributed by atoms with E-state index in [4.69, 9.17) is 5.73 Å². The second-order valence-corrected chi connectivity index (χ2v) is 5.24. The van der Waals surface area contributed by atoms with Crippen LogP contribution < -0.4 is 10.7 Å². The van der Waals surface area contributed by atoms with E-state index in [-0.39, 0.29) is 24.0 Å². The molecule has 0 spiro atoms. The van der Waals surface area contributed by atoms with Gasteiger partial charge in [0.05, 0.1) is 5.41 Å². The molecule has 18 heavy (non-hydrogen) atoms. The number of allylic oxidation sites excluding steroid dienone is 2. The van der Waals surface area contributed by atoms with Crippen molar-refractivity contribution in [3.8, 4) is 0 Å². The molecule has 1 aromatic rings. The topological polar surface area (TPSA) is 40.0 Å². The molecule has 0 aromatic heterocycles. The van der Waals surface area contributed by atoms with E-state index in [1.54, 1.807) is 0 Å². The minimum Gasteiger partial charge on any atom is -0.326 e. The van der Waals surface area contributed by atoms with Crippen LogP contribution >= 0.6 is 0 Å². The molecule has 3 N–H and O–H groups in total. The van der Waals surface area contributed by atoms with Gasteiger partial charge in [-0.05, 0) is 25.5 Å².